The van der Waals surface area contributed by atoms with Crippen LogP contribution < -0.4 is 10.6 Å². The van der Waals surface area contributed by atoms with Crippen LogP contribution in [-0.4, -0.2) is 18.4 Å². The van der Waals surface area contributed by atoms with Gasteiger partial charge in [0.25, 0.3) is 5.91 Å². The smallest absolute Gasteiger partial charge is 0.253 e. The van der Waals surface area contributed by atoms with E-state index in [1.165, 1.54) is 0 Å². The highest BCUT2D eigenvalue weighted by molar-refractivity contribution is 6.04. The molecule has 19 heavy (non-hydrogen) atoms. The summed E-state index contributed by atoms with van der Waals surface area (Å²) in [7, 11) is 0. The second-order valence-corrected chi connectivity index (χ2v) is 4.34. The molecule has 4 nitrogen and oxygen atoms in total. The summed E-state index contributed by atoms with van der Waals surface area (Å²) < 4.78 is 0. The third-order valence-corrected chi connectivity index (χ3v) is 2.90. The molecule has 1 atom stereocenters. The van der Waals surface area contributed by atoms with Crippen LogP contribution in [-0.2, 0) is 4.79 Å². The number of anilines is 1. The highest BCUT2D eigenvalue weighted by Crippen LogP contribution is 2.16. The summed E-state index contributed by atoms with van der Waals surface area (Å²) in [6.07, 6.45) is 2.37. The zero-order valence-corrected chi connectivity index (χ0v) is 11.4. The maximum absolute atomic E-state index is 11.9. The number of amides is 2. The van der Waals surface area contributed by atoms with E-state index in [0.29, 0.717) is 17.8 Å². The standard InChI is InChI=1S/C15H20N2O2/c1-4-10-16-15(19)12-8-6-7-9-13(12)17-14(18)11(3)5-2/h4,6-9,11H,1,5,10H2,2-3H3,(H,16,19)(H,17,18). The fraction of sp³-hybridized carbons (Fsp3) is 0.333. The SMILES string of the molecule is C=CCNC(=O)c1ccccc1NC(=O)C(C)CC. The quantitative estimate of drug-likeness (QED) is 0.772. The van der Waals surface area contributed by atoms with E-state index < -0.39 is 0 Å². The van der Waals surface area contributed by atoms with Gasteiger partial charge in [0.2, 0.25) is 5.91 Å². The molecule has 0 radical (unpaired) electrons. The first-order valence-electron chi connectivity index (χ1n) is 6.39. The highest BCUT2D eigenvalue weighted by atomic mass is 16.2. The summed E-state index contributed by atoms with van der Waals surface area (Å²) >= 11 is 0. The van der Waals surface area contributed by atoms with Gasteiger partial charge in [0.15, 0.2) is 0 Å². The molecule has 2 amide bonds. The van der Waals surface area contributed by atoms with E-state index in [9.17, 15) is 9.59 Å². The summed E-state index contributed by atoms with van der Waals surface area (Å²) in [5.74, 6) is -0.379. The zero-order chi connectivity index (χ0) is 14.3. The van der Waals surface area contributed by atoms with E-state index in [1.54, 1.807) is 30.3 Å². The molecule has 4 heteroatoms. The van der Waals surface area contributed by atoms with E-state index in [2.05, 4.69) is 17.2 Å². The molecular weight excluding hydrogens is 240 g/mol. The molecule has 0 saturated carbocycles. The predicted molar refractivity (Wildman–Crippen MR) is 77.1 cm³/mol. The lowest BCUT2D eigenvalue weighted by molar-refractivity contribution is -0.119. The number of carbonyl (C=O) groups is 2. The molecule has 1 rings (SSSR count). The van der Waals surface area contributed by atoms with Gasteiger partial charge in [-0.05, 0) is 18.6 Å². The molecule has 1 unspecified atom stereocenters. The molecule has 0 aliphatic rings. The van der Waals surface area contributed by atoms with Crippen LogP contribution in [0.15, 0.2) is 36.9 Å². The normalized spacial score (nSPS) is 11.5. The number of hydrogen-bond donors (Lipinski definition) is 2. The van der Waals surface area contributed by atoms with Crippen molar-refractivity contribution in [2.24, 2.45) is 5.92 Å². The molecular formula is C15H20N2O2. The predicted octanol–water partition coefficient (Wildman–Crippen LogP) is 2.59. The Balaban J connectivity index is 2.86. The Hall–Kier alpha value is -2.10. The minimum atomic E-state index is -0.222. The number of carbonyl (C=O) groups excluding carboxylic acids is 2. The maximum atomic E-state index is 11.9. The van der Waals surface area contributed by atoms with Crippen molar-refractivity contribution < 1.29 is 9.59 Å². The molecule has 102 valence electrons. The van der Waals surface area contributed by atoms with E-state index in [-0.39, 0.29) is 17.7 Å². The van der Waals surface area contributed by atoms with Gasteiger partial charge in [-0.15, -0.1) is 6.58 Å². The van der Waals surface area contributed by atoms with Gasteiger partial charge >= 0.3 is 0 Å². The van der Waals surface area contributed by atoms with Crippen molar-refractivity contribution in [3.63, 3.8) is 0 Å². The topological polar surface area (TPSA) is 58.2 Å². The second kappa shape index (κ2) is 7.36. The minimum Gasteiger partial charge on any atom is -0.349 e. The van der Waals surface area contributed by atoms with Gasteiger partial charge in [-0.1, -0.05) is 32.1 Å². The molecule has 0 fully saturated rings. The Labute approximate surface area is 113 Å². The maximum Gasteiger partial charge on any atom is 0.253 e. The number of benzene rings is 1. The van der Waals surface area contributed by atoms with E-state index in [4.69, 9.17) is 0 Å². The molecule has 0 aliphatic carbocycles. The van der Waals surface area contributed by atoms with Crippen LogP contribution in [0.1, 0.15) is 30.6 Å². The zero-order valence-electron chi connectivity index (χ0n) is 11.4. The Morgan fingerprint density at radius 3 is 2.68 bits per heavy atom. The number of nitrogens with one attached hydrogen (secondary N) is 2. The molecule has 1 aromatic rings. The van der Waals surface area contributed by atoms with E-state index >= 15 is 0 Å². The lowest BCUT2D eigenvalue weighted by Crippen LogP contribution is -2.26. The van der Waals surface area contributed by atoms with Gasteiger partial charge in [-0.25, -0.2) is 0 Å². The Morgan fingerprint density at radius 1 is 1.37 bits per heavy atom. The fourth-order valence-corrected chi connectivity index (χ4v) is 1.49. The molecule has 0 spiro atoms. The largest absolute Gasteiger partial charge is 0.349 e. The lowest BCUT2D eigenvalue weighted by Gasteiger charge is -2.13. The number of rotatable bonds is 6. The first-order chi connectivity index (χ1) is 9.10. The monoisotopic (exact) mass is 260 g/mol. The van der Waals surface area contributed by atoms with Crippen LogP contribution in [0.3, 0.4) is 0 Å². The van der Waals surface area contributed by atoms with Gasteiger partial charge < -0.3 is 10.6 Å². The number of hydrogen-bond acceptors (Lipinski definition) is 2. The van der Waals surface area contributed by atoms with E-state index in [0.717, 1.165) is 6.42 Å². The Morgan fingerprint density at radius 2 is 2.05 bits per heavy atom. The van der Waals surface area contributed by atoms with Crippen LogP contribution in [0.2, 0.25) is 0 Å². The van der Waals surface area contributed by atoms with Gasteiger partial charge in [0.1, 0.15) is 0 Å². The molecule has 1 aromatic carbocycles. The van der Waals surface area contributed by atoms with Crippen molar-refractivity contribution in [1.29, 1.82) is 0 Å². The summed E-state index contributed by atoms with van der Waals surface area (Å²) in [6.45, 7) is 7.75. The van der Waals surface area contributed by atoms with Crippen molar-refractivity contribution in [3.05, 3.63) is 42.5 Å². The van der Waals surface area contributed by atoms with Crippen LogP contribution in [0.4, 0.5) is 5.69 Å². The summed E-state index contributed by atoms with van der Waals surface area (Å²) in [5.41, 5.74) is 0.996. The number of para-hydroxylation sites is 1. The van der Waals surface area contributed by atoms with E-state index in [1.807, 2.05) is 13.8 Å². The van der Waals surface area contributed by atoms with Gasteiger partial charge in [0, 0.05) is 12.5 Å². The first-order valence-corrected chi connectivity index (χ1v) is 6.39. The Kier molecular flexibility index (Phi) is 5.79. The second-order valence-electron chi connectivity index (χ2n) is 4.34. The van der Waals surface area contributed by atoms with Crippen molar-refractivity contribution in [1.82, 2.24) is 5.32 Å². The summed E-state index contributed by atoms with van der Waals surface area (Å²) in [6, 6.07) is 6.96. The van der Waals surface area contributed by atoms with Crippen molar-refractivity contribution in [3.8, 4) is 0 Å². The van der Waals surface area contributed by atoms with Gasteiger partial charge in [-0.3, -0.25) is 9.59 Å². The minimum absolute atomic E-state index is 0.0773. The third kappa shape index (κ3) is 4.25. The van der Waals surface area contributed by atoms with Gasteiger partial charge in [0.05, 0.1) is 11.3 Å². The van der Waals surface area contributed by atoms with Crippen LogP contribution >= 0.6 is 0 Å². The molecule has 0 aliphatic heterocycles. The average molecular weight is 260 g/mol. The van der Waals surface area contributed by atoms with Crippen LogP contribution in [0.25, 0.3) is 0 Å². The average Bonchev–Trinajstić information content (AvgIpc) is 2.44. The molecule has 0 aromatic heterocycles. The molecule has 0 saturated heterocycles. The van der Waals surface area contributed by atoms with Crippen molar-refractivity contribution >= 4 is 17.5 Å². The third-order valence-electron chi connectivity index (χ3n) is 2.90. The summed E-state index contributed by atoms with van der Waals surface area (Å²) in [4.78, 5) is 23.8. The van der Waals surface area contributed by atoms with Crippen molar-refractivity contribution in [2.45, 2.75) is 20.3 Å². The Bertz CT molecular complexity index is 469. The fourth-order valence-electron chi connectivity index (χ4n) is 1.49. The van der Waals surface area contributed by atoms with Crippen molar-refractivity contribution in [2.75, 3.05) is 11.9 Å². The first kappa shape index (κ1) is 15.0. The highest BCUT2D eigenvalue weighted by Gasteiger charge is 2.15. The molecule has 2 N–H and O–H groups in total. The lowest BCUT2D eigenvalue weighted by atomic mass is 10.1. The summed E-state index contributed by atoms with van der Waals surface area (Å²) in [5, 5.41) is 5.49. The molecule has 0 heterocycles. The molecule has 0 bridgehead atoms. The van der Waals surface area contributed by atoms with Gasteiger partial charge in [-0.2, -0.15) is 0 Å². The van der Waals surface area contributed by atoms with Crippen LogP contribution in [0, 0.1) is 5.92 Å². The van der Waals surface area contributed by atoms with Crippen LogP contribution in [0.5, 0.6) is 0 Å².